The maximum atomic E-state index is 12.6. The van der Waals surface area contributed by atoms with Crippen molar-refractivity contribution in [3.8, 4) is 0 Å². The number of hydrogen-bond donors (Lipinski definition) is 8. The molecule has 1 aromatic rings. The number of hydrogen-bond acceptors (Lipinski definition) is 8. The number of rotatable bonds is 14. The van der Waals surface area contributed by atoms with Crippen LogP contribution in [0.1, 0.15) is 18.4 Å². The molecule has 0 heterocycles. The highest BCUT2D eigenvalue weighted by Gasteiger charge is 2.31. The van der Waals surface area contributed by atoms with Crippen LogP contribution in [0.3, 0.4) is 0 Å². The molecule has 34 heavy (non-hydrogen) atoms. The van der Waals surface area contributed by atoms with E-state index in [0.29, 0.717) is 5.56 Å². The number of nitrogens with two attached hydrogens (primary N) is 2. The van der Waals surface area contributed by atoms with Gasteiger partial charge < -0.3 is 42.7 Å². The first-order valence-electron chi connectivity index (χ1n) is 9.99. The fraction of sp³-hybridized carbons (Fsp3) is 0.400. The lowest BCUT2D eigenvalue weighted by Crippen LogP contribution is -2.58. The Morgan fingerprint density at radius 1 is 0.794 bits per heavy atom. The van der Waals surface area contributed by atoms with Gasteiger partial charge in [0.1, 0.15) is 18.1 Å². The van der Waals surface area contributed by atoms with Crippen molar-refractivity contribution in [2.24, 2.45) is 11.5 Å². The Morgan fingerprint density at radius 3 is 1.82 bits per heavy atom. The number of primary amides is 1. The van der Waals surface area contributed by atoms with Crippen molar-refractivity contribution in [3.63, 3.8) is 0 Å². The van der Waals surface area contributed by atoms with E-state index in [1.165, 1.54) is 0 Å². The molecule has 0 aliphatic carbocycles. The van der Waals surface area contributed by atoms with Crippen molar-refractivity contribution in [1.82, 2.24) is 16.0 Å². The van der Waals surface area contributed by atoms with Crippen LogP contribution in [0.5, 0.6) is 0 Å². The van der Waals surface area contributed by atoms with Gasteiger partial charge in [-0.05, 0) is 5.56 Å². The van der Waals surface area contributed by atoms with Crippen LogP contribution >= 0.6 is 0 Å². The molecule has 0 aliphatic rings. The highest BCUT2D eigenvalue weighted by molar-refractivity contribution is 5.96. The van der Waals surface area contributed by atoms with E-state index in [4.69, 9.17) is 16.6 Å². The first-order chi connectivity index (χ1) is 15.9. The average molecular weight is 481 g/mol. The third-order valence-corrected chi connectivity index (χ3v) is 4.48. The average Bonchev–Trinajstić information content (AvgIpc) is 2.75. The molecule has 14 nitrogen and oxygen atoms in total. The van der Waals surface area contributed by atoms with Gasteiger partial charge in [0.25, 0.3) is 0 Å². The number of carboxylic acids is 2. The Labute approximate surface area is 193 Å². The van der Waals surface area contributed by atoms with Crippen LogP contribution in [0.4, 0.5) is 0 Å². The molecule has 14 heteroatoms. The maximum absolute atomic E-state index is 12.6. The van der Waals surface area contributed by atoms with Crippen LogP contribution in [0.2, 0.25) is 0 Å². The molecule has 0 saturated heterocycles. The molecule has 186 valence electrons. The minimum atomic E-state index is -1.73. The Balaban J connectivity index is 2.91. The van der Waals surface area contributed by atoms with Gasteiger partial charge in [0.15, 0.2) is 0 Å². The second kappa shape index (κ2) is 13.5. The summed E-state index contributed by atoms with van der Waals surface area (Å²) in [6.45, 7) is -0.950. The highest BCUT2D eigenvalue weighted by atomic mass is 16.4. The number of nitrogens with one attached hydrogen (secondary N) is 3. The third kappa shape index (κ3) is 9.62. The van der Waals surface area contributed by atoms with Crippen molar-refractivity contribution >= 4 is 35.6 Å². The van der Waals surface area contributed by atoms with Crippen molar-refractivity contribution in [1.29, 1.82) is 0 Å². The SMILES string of the molecule is NC(=O)CC(N)C(=O)NC(CO)C(=O)NC(CC(=O)O)C(=O)NC(Cc1ccccc1)C(=O)O. The van der Waals surface area contributed by atoms with Crippen LogP contribution in [0, 0.1) is 0 Å². The summed E-state index contributed by atoms with van der Waals surface area (Å²) in [6, 6.07) is 2.11. The summed E-state index contributed by atoms with van der Waals surface area (Å²) in [7, 11) is 0. The Kier molecular flexibility index (Phi) is 11.1. The summed E-state index contributed by atoms with van der Waals surface area (Å²) in [5, 5.41) is 34.2. The number of aliphatic hydroxyl groups excluding tert-OH is 1. The summed E-state index contributed by atoms with van der Waals surface area (Å²) in [6.07, 6.45) is -1.56. The van der Waals surface area contributed by atoms with Gasteiger partial charge >= 0.3 is 11.9 Å². The zero-order valence-electron chi connectivity index (χ0n) is 18.0. The topological polar surface area (TPSA) is 251 Å². The molecule has 1 aromatic carbocycles. The second-order valence-corrected chi connectivity index (χ2v) is 7.27. The lowest BCUT2D eigenvalue weighted by atomic mass is 10.0. The quantitative estimate of drug-likeness (QED) is 0.130. The van der Waals surface area contributed by atoms with Gasteiger partial charge in [-0.15, -0.1) is 0 Å². The van der Waals surface area contributed by atoms with E-state index in [2.05, 4.69) is 16.0 Å². The molecule has 0 aromatic heterocycles. The molecule has 1 rings (SSSR count). The molecule has 10 N–H and O–H groups in total. The molecule has 0 aliphatic heterocycles. The monoisotopic (exact) mass is 481 g/mol. The first-order valence-corrected chi connectivity index (χ1v) is 9.99. The Hall–Kier alpha value is -4.04. The predicted octanol–water partition coefficient (Wildman–Crippen LogP) is -3.56. The molecule has 0 bridgehead atoms. The molecule has 0 saturated carbocycles. The van der Waals surface area contributed by atoms with E-state index in [1.54, 1.807) is 30.3 Å². The van der Waals surface area contributed by atoms with Crippen molar-refractivity contribution in [2.45, 2.75) is 43.4 Å². The lowest BCUT2D eigenvalue weighted by molar-refractivity contribution is -0.143. The van der Waals surface area contributed by atoms with Crippen molar-refractivity contribution in [3.05, 3.63) is 35.9 Å². The number of carbonyl (C=O) groups excluding carboxylic acids is 4. The van der Waals surface area contributed by atoms with Crippen LogP contribution in [-0.4, -0.2) is 81.7 Å². The summed E-state index contributed by atoms with van der Waals surface area (Å²) in [4.78, 5) is 70.7. The number of benzene rings is 1. The summed E-state index contributed by atoms with van der Waals surface area (Å²) in [5.74, 6) is -6.99. The number of aliphatic hydroxyl groups is 1. The van der Waals surface area contributed by atoms with E-state index >= 15 is 0 Å². The molecular formula is C20H27N5O9. The highest BCUT2D eigenvalue weighted by Crippen LogP contribution is 2.05. The van der Waals surface area contributed by atoms with E-state index < -0.39 is 79.2 Å². The number of amides is 4. The summed E-state index contributed by atoms with van der Waals surface area (Å²) >= 11 is 0. The van der Waals surface area contributed by atoms with Gasteiger partial charge in [-0.1, -0.05) is 30.3 Å². The largest absolute Gasteiger partial charge is 0.481 e. The van der Waals surface area contributed by atoms with Crippen LogP contribution in [0.25, 0.3) is 0 Å². The Morgan fingerprint density at radius 2 is 1.32 bits per heavy atom. The van der Waals surface area contributed by atoms with E-state index in [-0.39, 0.29) is 6.42 Å². The number of carboxylic acid groups (broad SMARTS) is 2. The molecule has 4 unspecified atom stereocenters. The minimum Gasteiger partial charge on any atom is -0.481 e. The zero-order chi connectivity index (χ0) is 25.8. The van der Waals surface area contributed by atoms with E-state index in [0.717, 1.165) is 0 Å². The van der Waals surface area contributed by atoms with Gasteiger partial charge in [-0.25, -0.2) is 4.79 Å². The molecule has 0 fully saturated rings. The summed E-state index contributed by atoms with van der Waals surface area (Å²) < 4.78 is 0. The summed E-state index contributed by atoms with van der Waals surface area (Å²) in [5.41, 5.74) is 11.0. The van der Waals surface area contributed by atoms with Crippen LogP contribution in [0.15, 0.2) is 30.3 Å². The van der Waals surface area contributed by atoms with Gasteiger partial charge in [0.05, 0.1) is 25.5 Å². The third-order valence-electron chi connectivity index (χ3n) is 4.48. The van der Waals surface area contributed by atoms with Crippen LogP contribution < -0.4 is 27.4 Å². The normalized spacial score (nSPS) is 14.1. The first kappa shape index (κ1) is 28.0. The molecule has 0 radical (unpaired) electrons. The molecule has 4 amide bonds. The van der Waals surface area contributed by atoms with Crippen molar-refractivity contribution in [2.75, 3.05) is 6.61 Å². The molecule has 4 atom stereocenters. The number of carbonyl (C=O) groups is 6. The Bertz CT molecular complexity index is 909. The van der Waals surface area contributed by atoms with Gasteiger partial charge in [-0.3, -0.25) is 24.0 Å². The van der Waals surface area contributed by atoms with Crippen LogP contribution in [-0.2, 0) is 35.2 Å². The smallest absolute Gasteiger partial charge is 0.326 e. The van der Waals surface area contributed by atoms with Gasteiger partial charge in [0.2, 0.25) is 23.6 Å². The molecule has 0 spiro atoms. The lowest BCUT2D eigenvalue weighted by Gasteiger charge is -2.23. The van der Waals surface area contributed by atoms with Gasteiger partial charge in [0, 0.05) is 6.42 Å². The maximum Gasteiger partial charge on any atom is 0.326 e. The van der Waals surface area contributed by atoms with Crippen molar-refractivity contribution < 1.29 is 44.1 Å². The van der Waals surface area contributed by atoms with E-state index in [1.807, 2.05) is 0 Å². The predicted molar refractivity (Wildman–Crippen MR) is 115 cm³/mol. The fourth-order valence-electron chi connectivity index (χ4n) is 2.76. The zero-order valence-corrected chi connectivity index (χ0v) is 18.0. The van der Waals surface area contributed by atoms with E-state index in [9.17, 15) is 39.0 Å². The van der Waals surface area contributed by atoms with Gasteiger partial charge in [-0.2, -0.15) is 0 Å². The minimum absolute atomic E-state index is 0.108. The second-order valence-electron chi connectivity index (χ2n) is 7.27. The fourth-order valence-corrected chi connectivity index (χ4v) is 2.76. The molecular weight excluding hydrogens is 454 g/mol. The standard InChI is InChI=1S/C20H27N5O9/c21-11(7-15(22)27)17(30)25-14(9-26)19(32)23-12(8-16(28)29)18(31)24-13(20(33)34)6-10-4-2-1-3-5-10/h1-5,11-14,26H,6-9,21H2,(H2,22,27)(H,23,32)(H,24,31)(H,25,30)(H,28,29)(H,33,34). The number of aliphatic carboxylic acids is 2.